The summed E-state index contributed by atoms with van der Waals surface area (Å²) in [4.78, 5) is 15.5. The van der Waals surface area contributed by atoms with Crippen LogP contribution in [0.3, 0.4) is 0 Å². The molecule has 0 bridgehead atoms. The quantitative estimate of drug-likeness (QED) is 0.499. The lowest BCUT2D eigenvalue weighted by atomic mass is 10.0. The lowest BCUT2D eigenvalue weighted by Crippen LogP contribution is -2.45. The van der Waals surface area contributed by atoms with E-state index in [2.05, 4.69) is 20.2 Å². The first kappa shape index (κ1) is 24.4. The highest BCUT2D eigenvalue weighted by atomic mass is 35.5. The van der Waals surface area contributed by atoms with Gasteiger partial charge in [-0.1, -0.05) is 11.6 Å². The SMILES string of the molecule is COC[C@@H](O)CNC1CCN(c2cnc(-c3ccc(F)cc3F)c(-c3ccncc3Cl)n2)CC1. The average molecular weight is 490 g/mol. The van der Waals surface area contributed by atoms with Crippen LogP contribution in [0.1, 0.15) is 12.8 Å². The van der Waals surface area contributed by atoms with Gasteiger partial charge in [0.1, 0.15) is 23.1 Å². The van der Waals surface area contributed by atoms with Gasteiger partial charge in [-0.25, -0.2) is 18.7 Å². The van der Waals surface area contributed by atoms with Crippen molar-refractivity contribution in [2.45, 2.75) is 25.0 Å². The second-order valence-corrected chi connectivity index (χ2v) is 8.59. The number of aliphatic hydroxyl groups excluding tert-OH is 1. The van der Waals surface area contributed by atoms with Gasteiger partial charge in [-0.3, -0.25) is 4.98 Å². The molecular weight excluding hydrogens is 464 g/mol. The molecule has 1 aliphatic heterocycles. The van der Waals surface area contributed by atoms with Crippen molar-refractivity contribution in [2.75, 3.05) is 38.3 Å². The summed E-state index contributed by atoms with van der Waals surface area (Å²) < 4.78 is 33.1. The molecule has 0 unspecified atom stereocenters. The van der Waals surface area contributed by atoms with E-state index < -0.39 is 17.7 Å². The molecule has 0 saturated carbocycles. The van der Waals surface area contributed by atoms with E-state index in [4.69, 9.17) is 21.3 Å². The number of nitrogens with zero attached hydrogens (tertiary/aromatic N) is 4. The summed E-state index contributed by atoms with van der Waals surface area (Å²) in [5, 5.41) is 13.6. The van der Waals surface area contributed by atoms with E-state index in [1.165, 1.54) is 18.3 Å². The van der Waals surface area contributed by atoms with Crippen molar-refractivity contribution < 1.29 is 18.6 Å². The zero-order chi connectivity index (χ0) is 24.1. The molecule has 2 aromatic heterocycles. The van der Waals surface area contributed by atoms with Gasteiger partial charge in [0.25, 0.3) is 0 Å². The van der Waals surface area contributed by atoms with Crippen LogP contribution in [0.4, 0.5) is 14.6 Å². The Hall–Kier alpha value is -2.72. The number of ether oxygens (including phenoxy) is 1. The minimum Gasteiger partial charge on any atom is -0.389 e. The molecule has 34 heavy (non-hydrogen) atoms. The smallest absolute Gasteiger partial charge is 0.147 e. The van der Waals surface area contributed by atoms with Crippen LogP contribution in [-0.4, -0.2) is 65.6 Å². The van der Waals surface area contributed by atoms with Gasteiger partial charge in [0.05, 0.1) is 29.6 Å². The maximum absolute atomic E-state index is 14.6. The van der Waals surface area contributed by atoms with Crippen LogP contribution in [0, 0.1) is 11.6 Å². The van der Waals surface area contributed by atoms with Gasteiger partial charge in [-0.2, -0.15) is 0 Å². The number of nitrogens with one attached hydrogen (secondary N) is 1. The van der Waals surface area contributed by atoms with Gasteiger partial charge < -0.3 is 20.1 Å². The van der Waals surface area contributed by atoms with E-state index in [0.717, 1.165) is 32.0 Å². The fourth-order valence-electron chi connectivity index (χ4n) is 4.03. The van der Waals surface area contributed by atoms with E-state index >= 15 is 0 Å². The highest BCUT2D eigenvalue weighted by Crippen LogP contribution is 2.35. The third-order valence-electron chi connectivity index (χ3n) is 5.79. The number of halogens is 3. The molecule has 0 aliphatic carbocycles. The Kier molecular flexibility index (Phi) is 7.99. The highest BCUT2D eigenvalue weighted by Gasteiger charge is 2.24. The summed E-state index contributed by atoms with van der Waals surface area (Å²) in [6.45, 7) is 2.24. The predicted octanol–water partition coefficient (Wildman–Crippen LogP) is 3.70. The zero-order valence-corrected chi connectivity index (χ0v) is 19.5. The molecular formula is C24H26ClF2N5O2. The summed E-state index contributed by atoms with van der Waals surface area (Å²) in [5.74, 6) is -0.747. The summed E-state index contributed by atoms with van der Waals surface area (Å²) in [7, 11) is 1.56. The summed E-state index contributed by atoms with van der Waals surface area (Å²) in [5.41, 5.74) is 1.38. The third-order valence-corrected chi connectivity index (χ3v) is 6.09. The van der Waals surface area contributed by atoms with Crippen molar-refractivity contribution in [3.8, 4) is 22.5 Å². The first-order valence-corrected chi connectivity index (χ1v) is 11.4. The van der Waals surface area contributed by atoms with Crippen LogP contribution in [0.2, 0.25) is 5.02 Å². The molecule has 0 amide bonds. The van der Waals surface area contributed by atoms with Gasteiger partial charge in [-0.15, -0.1) is 0 Å². The minimum atomic E-state index is -0.726. The standard InChI is InChI=1S/C24H26ClF2N5O2/c1-34-14-17(33)11-29-16-5-8-32(9-6-16)22-13-30-23(19-3-2-15(26)10-21(19)27)24(31-22)18-4-7-28-12-20(18)25/h2-4,7,10,12-13,16-17,29,33H,5-6,8-9,11,14H2,1H3/t17-/m0/s1. The molecule has 7 nitrogen and oxygen atoms in total. The molecule has 4 rings (SSSR count). The molecule has 0 radical (unpaired) electrons. The predicted molar refractivity (Wildman–Crippen MR) is 127 cm³/mol. The molecule has 3 heterocycles. The Balaban J connectivity index is 1.58. The van der Waals surface area contributed by atoms with Gasteiger partial charge in [-0.05, 0) is 31.0 Å². The number of rotatable bonds is 8. The highest BCUT2D eigenvalue weighted by molar-refractivity contribution is 6.33. The van der Waals surface area contributed by atoms with Crippen LogP contribution in [0.25, 0.3) is 22.5 Å². The molecule has 1 saturated heterocycles. The Morgan fingerprint density at radius 2 is 1.97 bits per heavy atom. The normalized spacial score (nSPS) is 15.5. The molecule has 1 fully saturated rings. The van der Waals surface area contributed by atoms with Crippen LogP contribution in [0.5, 0.6) is 0 Å². The van der Waals surface area contributed by atoms with E-state index in [9.17, 15) is 13.9 Å². The second kappa shape index (κ2) is 11.1. The van der Waals surface area contributed by atoms with Gasteiger partial charge in [0, 0.05) is 62.4 Å². The van der Waals surface area contributed by atoms with Crippen LogP contribution >= 0.6 is 11.6 Å². The summed E-state index contributed by atoms with van der Waals surface area (Å²) >= 11 is 6.39. The van der Waals surface area contributed by atoms with E-state index in [-0.39, 0.29) is 17.3 Å². The maximum Gasteiger partial charge on any atom is 0.147 e. The molecule has 180 valence electrons. The van der Waals surface area contributed by atoms with Crippen molar-refractivity contribution in [2.24, 2.45) is 0 Å². The second-order valence-electron chi connectivity index (χ2n) is 8.18. The molecule has 1 atom stereocenters. The van der Waals surface area contributed by atoms with E-state index in [1.54, 1.807) is 25.6 Å². The topological polar surface area (TPSA) is 83.4 Å². The van der Waals surface area contributed by atoms with Crippen LogP contribution in [-0.2, 0) is 4.74 Å². The zero-order valence-electron chi connectivity index (χ0n) is 18.7. The van der Waals surface area contributed by atoms with Crippen molar-refractivity contribution in [3.05, 3.63) is 59.5 Å². The largest absolute Gasteiger partial charge is 0.389 e. The Labute approximate surface area is 201 Å². The van der Waals surface area contributed by atoms with E-state index in [1.807, 2.05) is 0 Å². The number of hydrogen-bond donors (Lipinski definition) is 2. The fraction of sp³-hybridized carbons (Fsp3) is 0.375. The van der Waals surface area contributed by atoms with Crippen LogP contribution < -0.4 is 10.2 Å². The lowest BCUT2D eigenvalue weighted by Gasteiger charge is -2.33. The summed E-state index contributed by atoms with van der Waals surface area (Å²) in [6.07, 6.45) is 5.86. The third kappa shape index (κ3) is 5.67. The number of piperidine rings is 1. The van der Waals surface area contributed by atoms with Crippen molar-refractivity contribution in [1.82, 2.24) is 20.3 Å². The Morgan fingerprint density at radius 1 is 1.18 bits per heavy atom. The fourth-order valence-corrected chi connectivity index (χ4v) is 4.24. The van der Waals surface area contributed by atoms with Gasteiger partial charge in [0.2, 0.25) is 0 Å². The number of benzene rings is 1. The van der Waals surface area contributed by atoms with Gasteiger partial charge in [0.15, 0.2) is 0 Å². The number of aromatic nitrogens is 3. The van der Waals surface area contributed by atoms with Crippen molar-refractivity contribution in [1.29, 1.82) is 0 Å². The minimum absolute atomic E-state index is 0.140. The van der Waals surface area contributed by atoms with Crippen LogP contribution in [0.15, 0.2) is 42.9 Å². The molecule has 3 aromatic rings. The first-order chi connectivity index (χ1) is 16.5. The number of methoxy groups -OCH3 is 1. The summed E-state index contributed by atoms with van der Waals surface area (Å²) in [6, 6.07) is 5.33. The molecule has 1 aromatic carbocycles. The van der Waals surface area contributed by atoms with Gasteiger partial charge >= 0.3 is 0 Å². The molecule has 0 spiro atoms. The first-order valence-electron chi connectivity index (χ1n) is 11.0. The Bertz CT molecular complexity index is 1130. The monoisotopic (exact) mass is 489 g/mol. The van der Waals surface area contributed by atoms with Crippen molar-refractivity contribution >= 4 is 17.4 Å². The molecule has 10 heteroatoms. The number of hydrogen-bond acceptors (Lipinski definition) is 7. The Morgan fingerprint density at radius 3 is 2.68 bits per heavy atom. The lowest BCUT2D eigenvalue weighted by molar-refractivity contribution is 0.0621. The number of pyridine rings is 1. The molecule has 2 N–H and O–H groups in total. The maximum atomic E-state index is 14.6. The number of aliphatic hydroxyl groups is 1. The van der Waals surface area contributed by atoms with E-state index in [0.29, 0.717) is 35.2 Å². The number of anilines is 1. The van der Waals surface area contributed by atoms with Crippen molar-refractivity contribution in [3.63, 3.8) is 0 Å². The molecule has 1 aliphatic rings. The average Bonchev–Trinajstić information content (AvgIpc) is 2.84.